The molecule has 3 nitrogen and oxygen atoms in total. The Bertz CT molecular complexity index is 348. The zero-order valence-electron chi connectivity index (χ0n) is 10.6. The minimum absolute atomic E-state index is 0.0477. The van der Waals surface area contributed by atoms with Gasteiger partial charge in [0.2, 0.25) is 0 Å². The topological polar surface area (TPSA) is 32.7 Å². The van der Waals surface area contributed by atoms with E-state index in [1.807, 2.05) is 0 Å². The van der Waals surface area contributed by atoms with Crippen LogP contribution < -0.4 is 4.90 Å². The Labute approximate surface area is 103 Å². The Morgan fingerprint density at radius 1 is 1.35 bits per heavy atom. The Morgan fingerprint density at radius 3 is 2.65 bits per heavy atom. The van der Waals surface area contributed by atoms with E-state index in [-0.39, 0.29) is 12.7 Å². The molecule has 0 spiro atoms. The number of benzene rings is 1. The molecule has 1 fully saturated rings. The molecular formula is C14H21NO2. The van der Waals surface area contributed by atoms with Crippen LogP contribution in [-0.4, -0.2) is 37.5 Å². The van der Waals surface area contributed by atoms with Crippen LogP contribution in [0.3, 0.4) is 0 Å². The first-order valence-electron chi connectivity index (χ1n) is 6.28. The minimum atomic E-state index is -0.0477. The molecule has 2 rings (SSSR count). The normalized spacial score (nSPS) is 20.9. The van der Waals surface area contributed by atoms with Gasteiger partial charge in [-0.15, -0.1) is 0 Å². The van der Waals surface area contributed by atoms with Gasteiger partial charge >= 0.3 is 0 Å². The lowest BCUT2D eigenvalue weighted by atomic mass is 10.0. The van der Waals surface area contributed by atoms with Crippen LogP contribution in [0.2, 0.25) is 0 Å². The Balaban J connectivity index is 2.06. The minimum Gasteiger partial charge on any atom is -0.394 e. The summed E-state index contributed by atoms with van der Waals surface area (Å²) in [6.45, 7) is 6.86. The lowest BCUT2D eigenvalue weighted by molar-refractivity contribution is 0.00357. The summed E-state index contributed by atoms with van der Waals surface area (Å²) < 4.78 is 5.45. The fraction of sp³-hybridized carbons (Fsp3) is 0.571. The summed E-state index contributed by atoms with van der Waals surface area (Å²) in [5.74, 6) is 0.568. The predicted octanol–water partition coefficient (Wildman–Crippen LogP) is 2.01. The van der Waals surface area contributed by atoms with Crippen LogP contribution in [0.5, 0.6) is 0 Å². The molecule has 1 aliphatic rings. The number of rotatable bonds is 3. The van der Waals surface area contributed by atoms with Crippen molar-refractivity contribution in [1.82, 2.24) is 0 Å². The van der Waals surface area contributed by atoms with Crippen molar-refractivity contribution < 1.29 is 9.84 Å². The van der Waals surface area contributed by atoms with Crippen molar-refractivity contribution in [2.75, 3.05) is 31.2 Å². The van der Waals surface area contributed by atoms with Gasteiger partial charge in [-0.25, -0.2) is 0 Å². The average Bonchev–Trinajstić information content (AvgIpc) is 2.39. The van der Waals surface area contributed by atoms with Crippen molar-refractivity contribution >= 4 is 5.69 Å². The molecule has 0 aromatic heterocycles. The van der Waals surface area contributed by atoms with Gasteiger partial charge in [-0.1, -0.05) is 26.0 Å². The van der Waals surface area contributed by atoms with E-state index in [1.54, 1.807) is 0 Å². The monoisotopic (exact) mass is 235 g/mol. The van der Waals surface area contributed by atoms with Crippen molar-refractivity contribution in [3.8, 4) is 0 Å². The molecule has 0 radical (unpaired) electrons. The molecule has 1 aromatic carbocycles. The van der Waals surface area contributed by atoms with Gasteiger partial charge in [-0.05, 0) is 23.6 Å². The fourth-order valence-corrected chi connectivity index (χ4v) is 2.13. The molecule has 1 aliphatic heterocycles. The average molecular weight is 235 g/mol. The number of nitrogens with zero attached hydrogens (tertiary/aromatic N) is 1. The molecule has 17 heavy (non-hydrogen) atoms. The van der Waals surface area contributed by atoms with Crippen LogP contribution in [0.15, 0.2) is 24.3 Å². The van der Waals surface area contributed by atoms with E-state index in [1.165, 1.54) is 11.3 Å². The third kappa shape index (κ3) is 2.99. The summed E-state index contributed by atoms with van der Waals surface area (Å²) in [6.07, 6.45) is -0.0477. The Hall–Kier alpha value is -1.06. The first kappa shape index (κ1) is 12.4. The highest BCUT2D eigenvalue weighted by molar-refractivity contribution is 5.48. The second-order valence-corrected chi connectivity index (χ2v) is 4.87. The predicted molar refractivity (Wildman–Crippen MR) is 69.6 cm³/mol. The van der Waals surface area contributed by atoms with E-state index >= 15 is 0 Å². The lowest BCUT2D eigenvalue weighted by Gasteiger charge is -2.33. The summed E-state index contributed by atoms with van der Waals surface area (Å²) in [7, 11) is 0. The van der Waals surface area contributed by atoms with Crippen molar-refractivity contribution in [2.24, 2.45) is 0 Å². The first-order valence-corrected chi connectivity index (χ1v) is 6.28. The number of aliphatic hydroxyl groups is 1. The molecule has 1 aromatic rings. The van der Waals surface area contributed by atoms with Gasteiger partial charge in [0.1, 0.15) is 0 Å². The maximum absolute atomic E-state index is 9.12. The Kier molecular flexibility index (Phi) is 4.02. The molecule has 0 aliphatic carbocycles. The van der Waals surface area contributed by atoms with Gasteiger partial charge in [-0.3, -0.25) is 0 Å². The zero-order valence-corrected chi connectivity index (χ0v) is 10.6. The number of ether oxygens (including phenoxy) is 1. The maximum Gasteiger partial charge on any atom is 0.0980 e. The number of hydrogen-bond acceptors (Lipinski definition) is 3. The molecule has 0 bridgehead atoms. The number of hydrogen-bond donors (Lipinski definition) is 1. The summed E-state index contributed by atoms with van der Waals surface area (Å²) in [5, 5.41) is 9.12. The van der Waals surface area contributed by atoms with Gasteiger partial charge in [0.15, 0.2) is 0 Å². The third-order valence-electron chi connectivity index (χ3n) is 3.27. The molecule has 94 valence electrons. The van der Waals surface area contributed by atoms with Crippen molar-refractivity contribution in [3.05, 3.63) is 29.8 Å². The largest absolute Gasteiger partial charge is 0.394 e. The Morgan fingerprint density at radius 2 is 2.06 bits per heavy atom. The molecule has 1 N–H and O–H groups in total. The molecule has 1 heterocycles. The van der Waals surface area contributed by atoms with Crippen molar-refractivity contribution in [3.63, 3.8) is 0 Å². The summed E-state index contributed by atoms with van der Waals surface area (Å²) in [4.78, 5) is 2.27. The van der Waals surface area contributed by atoms with Gasteiger partial charge in [0, 0.05) is 18.8 Å². The van der Waals surface area contributed by atoms with Crippen LogP contribution in [0.25, 0.3) is 0 Å². The second kappa shape index (κ2) is 5.52. The highest BCUT2D eigenvalue weighted by Gasteiger charge is 2.19. The maximum atomic E-state index is 9.12. The standard InChI is InChI=1S/C14H21NO2/c1-11(2)12-3-5-13(6-4-12)15-7-8-17-14(9-15)10-16/h3-6,11,14,16H,7-10H2,1-2H3/t14-/m0/s1. The fourth-order valence-electron chi connectivity index (χ4n) is 2.13. The molecular weight excluding hydrogens is 214 g/mol. The summed E-state index contributed by atoms with van der Waals surface area (Å²) >= 11 is 0. The van der Waals surface area contributed by atoms with Crippen molar-refractivity contribution in [2.45, 2.75) is 25.9 Å². The van der Waals surface area contributed by atoms with E-state index in [4.69, 9.17) is 9.84 Å². The molecule has 3 heteroatoms. The third-order valence-corrected chi connectivity index (χ3v) is 3.27. The van der Waals surface area contributed by atoms with Crippen LogP contribution in [0.1, 0.15) is 25.3 Å². The number of morpholine rings is 1. The lowest BCUT2D eigenvalue weighted by Crippen LogP contribution is -2.44. The summed E-state index contributed by atoms with van der Waals surface area (Å²) in [5.41, 5.74) is 2.58. The van der Waals surface area contributed by atoms with E-state index in [2.05, 4.69) is 43.0 Å². The molecule has 1 saturated heterocycles. The van der Waals surface area contributed by atoms with E-state index in [0.29, 0.717) is 12.5 Å². The number of aliphatic hydroxyl groups excluding tert-OH is 1. The highest BCUT2D eigenvalue weighted by Crippen LogP contribution is 2.21. The van der Waals surface area contributed by atoms with Gasteiger partial charge in [0.05, 0.1) is 19.3 Å². The highest BCUT2D eigenvalue weighted by atomic mass is 16.5. The summed E-state index contributed by atoms with van der Waals surface area (Å²) in [6, 6.07) is 8.69. The molecule has 0 saturated carbocycles. The van der Waals surface area contributed by atoms with E-state index < -0.39 is 0 Å². The van der Waals surface area contributed by atoms with Gasteiger partial charge in [-0.2, -0.15) is 0 Å². The first-order chi connectivity index (χ1) is 8.20. The van der Waals surface area contributed by atoms with Crippen LogP contribution in [0.4, 0.5) is 5.69 Å². The van der Waals surface area contributed by atoms with Crippen LogP contribution >= 0.6 is 0 Å². The van der Waals surface area contributed by atoms with Gasteiger partial charge in [0.25, 0.3) is 0 Å². The zero-order chi connectivity index (χ0) is 12.3. The van der Waals surface area contributed by atoms with E-state index in [0.717, 1.165) is 13.1 Å². The SMILES string of the molecule is CC(C)c1ccc(N2CCO[C@H](CO)C2)cc1. The smallest absolute Gasteiger partial charge is 0.0980 e. The van der Waals surface area contributed by atoms with Crippen LogP contribution in [0, 0.1) is 0 Å². The van der Waals surface area contributed by atoms with E-state index in [9.17, 15) is 0 Å². The molecule has 0 unspecified atom stereocenters. The van der Waals surface area contributed by atoms with Gasteiger partial charge < -0.3 is 14.7 Å². The number of anilines is 1. The quantitative estimate of drug-likeness (QED) is 0.870. The van der Waals surface area contributed by atoms with Crippen LogP contribution in [-0.2, 0) is 4.74 Å². The molecule has 1 atom stereocenters. The van der Waals surface area contributed by atoms with Crippen molar-refractivity contribution in [1.29, 1.82) is 0 Å². The molecule has 0 amide bonds. The second-order valence-electron chi connectivity index (χ2n) is 4.87.